The minimum atomic E-state index is -0.668. The molecule has 6 nitrogen and oxygen atoms in total. The van der Waals surface area contributed by atoms with E-state index < -0.39 is 11.5 Å². The van der Waals surface area contributed by atoms with Crippen LogP contribution in [0.1, 0.15) is 22.8 Å². The summed E-state index contributed by atoms with van der Waals surface area (Å²) in [7, 11) is 0. The molecule has 0 aliphatic carbocycles. The topological polar surface area (TPSA) is 70.4 Å². The standard InChI is InChI=1S/C22H22N2O4/c1-2-28-22(26)19-15-23-20(18-11-7-4-8-12-18)24(21(19)25)13-14-27-16-17-9-5-3-6-10-17/h3-12,15H,2,13-14,16H2,1H3. The van der Waals surface area contributed by atoms with Crippen molar-refractivity contribution in [1.29, 1.82) is 0 Å². The fourth-order valence-corrected chi connectivity index (χ4v) is 2.79. The lowest BCUT2D eigenvalue weighted by molar-refractivity contribution is 0.0522. The van der Waals surface area contributed by atoms with Crippen molar-refractivity contribution in [1.82, 2.24) is 9.55 Å². The fraction of sp³-hybridized carbons (Fsp3) is 0.227. The first kappa shape index (κ1) is 19.5. The first-order valence-corrected chi connectivity index (χ1v) is 9.14. The number of benzene rings is 2. The van der Waals surface area contributed by atoms with Crippen LogP contribution < -0.4 is 5.56 Å². The summed E-state index contributed by atoms with van der Waals surface area (Å²) in [5.74, 6) is -0.180. The van der Waals surface area contributed by atoms with Crippen molar-refractivity contribution in [2.75, 3.05) is 13.2 Å². The van der Waals surface area contributed by atoms with Crippen molar-refractivity contribution in [2.24, 2.45) is 0 Å². The number of carbonyl (C=O) groups excluding carboxylic acids is 1. The van der Waals surface area contributed by atoms with Gasteiger partial charge >= 0.3 is 5.97 Å². The molecule has 0 spiro atoms. The molecule has 0 atom stereocenters. The molecule has 0 aliphatic rings. The highest BCUT2D eigenvalue weighted by molar-refractivity contribution is 5.88. The summed E-state index contributed by atoms with van der Waals surface area (Å²) in [6.07, 6.45) is 1.28. The number of nitrogens with zero attached hydrogens (tertiary/aromatic N) is 2. The van der Waals surface area contributed by atoms with Gasteiger partial charge in [-0.25, -0.2) is 9.78 Å². The SMILES string of the molecule is CCOC(=O)c1cnc(-c2ccccc2)n(CCOCc2ccccc2)c1=O. The van der Waals surface area contributed by atoms with Crippen LogP contribution in [-0.2, 0) is 22.6 Å². The summed E-state index contributed by atoms with van der Waals surface area (Å²) >= 11 is 0. The normalized spacial score (nSPS) is 10.6. The van der Waals surface area contributed by atoms with E-state index in [1.54, 1.807) is 6.92 Å². The molecule has 0 unspecified atom stereocenters. The van der Waals surface area contributed by atoms with Crippen LogP contribution in [0.15, 0.2) is 71.7 Å². The van der Waals surface area contributed by atoms with E-state index in [1.165, 1.54) is 10.8 Å². The quantitative estimate of drug-likeness (QED) is 0.444. The maximum Gasteiger partial charge on any atom is 0.345 e. The molecule has 0 saturated carbocycles. The second-order valence-electron chi connectivity index (χ2n) is 6.08. The van der Waals surface area contributed by atoms with Crippen molar-refractivity contribution in [2.45, 2.75) is 20.1 Å². The predicted octanol–water partition coefficient (Wildman–Crippen LogP) is 3.30. The second-order valence-corrected chi connectivity index (χ2v) is 6.08. The number of hydrogen-bond donors (Lipinski definition) is 0. The van der Waals surface area contributed by atoms with Crippen LogP contribution in [0, 0.1) is 0 Å². The van der Waals surface area contributed by atoms with Crippen molar-refractivity contribution in [3.8, 4) is 11.4 Å². The Balaban J connectivity index is 1.84. The highest BCUT2D eigenvalue weighted by Gasteiger charge is 2.18. The molecule has 28 heavy (non-hydrogen) atoms. The van der Waals surface area contributed by atoms with Gasteiger partial charge in [0, 0.05) is 11.8 Å². The van der Waals surface area contributed by atoms with Gasteiger partial charge in [0.05, 0.1) is 26.4 Å². The summed E-state index contributed by atoms with van der Waals surface area (Å²) in [5, 5.41) is 0. The molecule has 0 aliphatic heterocycles. The third-order valence-electron chi connectivity index (χ3n) is 4.15. The minimum absolute atomic E-state index is 0.0791. The van der Waals surface area contributed by atoms with Crippen LogP contribution in [0.5, 0.6) is 0 Å². The zero-order valence-electron chi connectivity index (χ0n) is 15.7. The third kappa shape index (κ3) is 4.72. The predicted molar refractivity (Wildman–Crippen MR) is 106 cm³/mol. The van der Waals surface area contributed by atoms with Gasteiger partial charge in [-0.05, 0) is 12.5 Å². The molecule has 2 aromatic carbocycles. The molecule has 3 aromatic rings. The van der Waals surface area contributed by atoms with Crippen molar-refractivity contribution < 1.29 is 14.3 Å². The highest BCUT2D eigenvalue weighted by Crippen LogP contribution is 2.15. The van der Waals surface area contributed by atoms with Gasteiger partial charge in [-0.3, -0.25) is 9.36 Å². The molecule has 1 heterocycles. The minimum Gasteiger partial charge on any atom is -0.462 e. The van der Waals surface area contributed by atoms with E-state index in [1.807, 2.05) is 60.7 Å². The molecular formula is C22H22N2O4. The van der Waals surface area contributed by atoms with Crippen LogP contribution >= 0.6 is 0 Å². The lowest BCUT2D eigenvalue weighted by Gasteiger charge is -2.14. The summed E-state index contributed by atoms with van der Waals surface area (Å²) in [6, 6.07) is 19.2. The molecule has 3 rings (SSSR count). The number of hydrogen-bond acceptors (Lipinski definition) is 5. The molecule has 0 radical (unpaired) electrons. The Labute approximate surface area is 163 Å². The largest absolute Gasteiger partial charge is 0.462 e. The average Bonchev–Trinajstić information content (AvgIpc) is 2.73. The number of carbonyl (C=O) groups is 1. The smallest absolute Gasteiger partial charge is 0.345 e. The monoisotopic (exact) mass is 378 g/mol. The molecule has 0 bridgehead atoms. The Bertz CT molecular complexity index is 969. The molecule has 6 heteroatoms. The Morgan fingerprint density at radius 2 is 1.71 bits per heavy atom. The molecule has 144 valence electrons. The van der Waals surface area contributed by atoms with Gasteiger partial charge in [0.25, 0.3) is 5.56 Å². The second kappa shape index (κ2) is 9.62. The molecular weight excluding hydrogens is 356 g/mol. The molecule has 1 aromatic heterocycles. The summed E-state index contributed by atoms with van der Waals surface area (Å²) in [5.41, 5.74) is 1.33. The van der Waals surface area contributed by atoms with Crippen molar-refractivity contribution in [3.63, 3.8) is 0 Å². The van der Waals surface area contributed by atoms with Gasteiger partial charge in [0.2, 0.25) is 0 Å². The van der Waals surface area contributed by atoms with Crippen molar-refractivity contribution in [3.05, 3.63) is 88.3 Å². The molecule has 0 amide bonds. The van der Waals surface area contributed by atoms with E-state index in [0.29, 0.717) is 19.0 Å². The van der Waals surface area contributed by atoms with Crippen LogP contribution in [0.3, 0.4) is 0 Å². The van der Waals surface area contributed by atoms with Gasteiger partial charge in [-0.1, -0.05) is 60.7 Å². The fourth-order valence-electron chi connectivity index (χ4n) is 2.79. The Morgan fingerprint density at radius 3 is 2.39 bits per heavy atom. The van der Waals surface area contributed by atoms with Crippen LogP contribution in [0.4, 0.5) is 0 Å². The maximum atomic E-state index is 12.9. The highest BCUT2D eigenvalue weighted by atomic mass is 16.5. The number of esters is 1. The van der Waals surface area contributed by atoms with Gasteiger partial charge < -0.3 is 9.47 Å². The van der Waals surface area contributed by atoms with E-state index in [-0.39, 0.29) is 18.7 Å². The summed E-state index contributed by atoms with van der Waals surface area (Å²) in [6.45, 7) is 2.92. The molecule has 0 N–H and O–H groups in total. The third-order valence-corrected chi connectivity index (χ3v) is 4.15. The summed E-state index contributed by atoms with van der Waals surface area (Å²) in [4.78, 5) is 29.3. The van der Waals surface area contributed by atoms with Crippen LogP contribution in [0.25, 0.3) is 11.4 Å². The van der Waals surface area contributed by atoms with Crippen molar-refractivity contribution >= 4 is 5.97 Å². The van der Waals surface area contributed by atoms with E-state index >= 15 is 0 Å². The average molecular weight is 378 g/mol. The molecule has 0 saturated heterocycles. The van der Waals surface area contributed by atoms with Gasteiger partial charge in [-0.2, -0.15) is 0 Å². The van der Waals surface area contributed by atoms with Gasteiger partial charge in [0.15, 0.2) is 0 Å². The first-order chi connectivity index (χ1) is 13.7. The maximum absolute atomic E-state index is 12.9. The lowest BCUT2D eigenvalue weighted by atomic mass is 10.2. The van der Waals surface area contributed by atoms with E-state index in [0.717, 1.165) is 11.1 Å². The Kier molecular flexibility index (Phi) is 6.70. The number of aromatic nitrogens is 2. The Morgan fingerprint density at radius 1 is 1.04 bits per heavy atom. The zero-order chi connectivity index (χ0) is 19.8. The number of rotatable bonds is 8. The Hall–Kier alpha value is -3.25. The van der Waals surface area contributed by atoms with E-state index in [9.17, 15) is 9.59 Å². The van der Waals surface area contributed by atoms with Crippen LogP contribution in [0.2, 0.25) is 0 Å². The van der Waals surface area contributed by atoms with E-state index in [4.69, 9.17) is 9.47 Å². The number of ether oxygens (including phenoxy) is 2. The van der Waals surface area contributed by atoms with E-state index in [2.05, 4.69) is 4.98 Å². The summed E-state index contributed by atoms with van der Waals surface area (Å²) < 4.78 is 12.1. The van der Waals surface area contributed by atoms with Gasteiger partial charge in [0.1, 0.15) is 11.4 Å². The first-order valence-electron chi connectivity index (χ1n) is 9.14. The van der Waals surface area contributed by atoms with Gasteiger partial charge in [-0.15, -0.1) is 0 Å². The molecule has 0 fully saturated rings. The van der Waals surface area contributed by atoms with Crippen LogP contribution in [-0.4, -0.2) is 28.7 Å². The zero-order valence-corrected chi connectivity index (χ0v) is 15.7. The lowest BCUT2D eigenvalue weighted by Crippen LogP contribution is -2.30.